The van der Waals surface area contributed by atoms with Crippen molar-refractivity contribution in [1.29, 1.82) is 0 Å². The Morgan fingerprint density at radius 2 is 0.806 bits per heavy atom. The molecule has 0 aliphatic carbocycles. The number of carbonyl (C=O) groups is 1. The Balaban J connectivity index is 3.88. The van der Waals surface area contributed by atoms with Crippen molar-refractivity contribution in [2.24, 2.45) is 5.73 Å². The summed E-state index contributed by atoms with van der Waals surface area (Å²) in [5.74, 6) is -0.328. The first-order valence-electron chi connectivity index (χ1n) is 26.8. The molecule has 0 bridgehead atoms. The number of allylic oxidation sites excluding steroid dienone is 4. The number of phosphoric acid groups is 1. The predicted octanol–water partition coefficient (Wildman–Crippen LogP) is 16.8. The Labute approximate surface area is 385 Å². The second-order valence-electron chi connectivity index (χ2n) is 18.1. The van der Waals surface area contributed by atoms with Crippen molar-refractivity contribution in [3.63, 3.8) is 0 Å². The molecule has 3 N–H and O–H groups in total. The van der Waals surface area contributed by atoms with E-state index in [0.717, 1.165) is 32.1 Å². The molecule has 0 saturated carbocycles. The number of nitrogens with two attached hydrogens (primary N) is 1. The summed E-state index contributed by atoms with van der Waals surface area (Å²) in [6.45, 7) is 4.97. The van der Waals surface area contributed by atoms with Crippen molar-refractivity contribution in [2.75, 3.05) is 33.0 Å². The maximum atomic E-state index is 12.7. The van der Waals surface area contributed by atoms with Crippen LogP contribution in [0.1, 0.15) is 271 Å². The van der Waals surface area contributed by atoms with Gasteiger partial charge in [-0.1, -0.05) is 224 Å². The van der Waals surface area contributed by atoms with Gasteiger partial charge in [0, 0.05) is 19.6 Å². The normalized spacial score (nSPS) is 13.4. The second kappa shape index (κ2) is 51.0. The number of ether oxygens (including phenoxy) is 2. The van der Waals surface area contributed by atoms with E-state index in [1.165, 1.54) is 218 Å². The van der Waals surface area contributed by atoms with Crippen molar-refractivity contribution in [3.05, 3.63) is 24.3 Å². The van der Waals surface area contributed by atoms with Crippen LogP contribution in [0, 0.1) is 0 Å². The van der Waals surface area contributed by atoms with Crippen LogP contribution in [-0.2, 0) is 27.9 Å². The number of phosphoric ester groups is 1. The van der Waals surface area contributed by atoms with E-state index >= 15 is 0 Å². The van der Waals surface area contributed by atoms with Gasteiger partial charge < -0.3 is 20.1 Å². The average molecular weight is 898 g/mol. The quantitative estimate of drug-likeness (QED) is 0.0268. The molecule has 0 spiro atoms. The molecular formula is C53H104NO7P. The number of unbranched alkanes of at least 4 members (excludes halogenated alkanes) is 35. The van der Waals surface area contributed by atoms with Gasteiger partial charge in [0.15, 0.2) is 0 Å². The summed E-state index contributed by atoms with van der Waals surface area (Å²) in [6, 6.07) is 0. The molecule has 62 heavy (non-hydrogen) atoms. The highest BCUT2D eigenvalue weighted by molar-refractivity contribution is 7.47. The lowest BCUT2D eigenvalue weighted by atomic mass is 10.0. The topological polar surface area (TPSA) is 117 Å². The first-order valence-corrected chi connectivity index (χ1v) is 28.3. The highest BCUT2D eigenvalue weighted by Gasteiger charge is 2.25. The van der Waals surface area contributed by atoms with Gasteiger partial charge in [-0.25, -0.2) is 4.57 Å². The van der Waals surface area contributed by atoms with Crippen molar-refractivity contribution in [1.82, 2.24) is 0 Å². The van der Waals surface area contributed by atoms with Crippen LogP contribution in [0.15, 0.2) is 24.3 Å². The summed E-state index contributed by atoms with van der Waals surface area (Å²) in [5.41, 5.74) is 5.39. The number of rotatable bonds is 52. The second-order valence-corrected chi connectivity index (χ2v) is 19.5. The predicted molar refractivity (Wildman–Crippen MR) is 266 cm³/mol. The first-order chi connectivity index (χ1) is 30.4. The van der Waals surface area contributed by atoms with Crippen LogP contribution >= 0.6 is 7.82 Å². The molecule has 0 rings (SSSR count). The lowest BCUT2D eigenvalue weighted by Gasteiger charge is -2.20. The van der Waals surface area contributed by atoms with E-state index < -0.39 is 13.9 Å². The number of esters is 1. The van der Waals surface area contributed by atoms with Crippen LogP contribution in [0.2, 0.25) is 0 Å². The van der Waals surface area contributed by atoms with E-state index in [9.17, 15) is 14.3 Å². The van der Waals surface area contributed by atoms with Gasteiger partial charge in [0.25, 0.3) is 0 Å². The van der Waals surface area contributed by atoms with E-state index in [0.29, 0.717) is 13.0 Å². The summed E-state index contributed by atoms with van der Waals surface area (Å²) in [6.07, 6.45) is 59.3. The van der Waals surface area contributed by atoms with E-state index in [-0.39, 0.29) is 32.3 Å². The van der Waals surface area contributed by atoms with Crippen molar-refractivity contribution >= 4 is 13.8 Å². The molecular weight excluding hydrogens is 794 g/mol. The molecule has 9 heteroatoms. The standard InChI is InChI=1S/C53H104NO7P/c1-3-5-7-9-11-13-15-17-19-21-23-24-25-26-27-29-31-33-35-37-39-41-43-45-48-58-50-52(51-60-62(56,57)59-49-47-54)61-53(55)46-44-42-40-38-36-34-32-30-28-22-20-18-16-14-12-10-8-6-4-2/h18,20-21,23,52H,3-17,19,22,24-51,54H2,1-2H3,(H,56,57)/b20-18-,23-21-. The summed E-state index contributed by atoms with van der Waals surface area (Å²) in [4.78, 5) is 22.6. The molecule has 0 aromatic carbocycles. The van der Waals surface area contributed by atoms with E-state index in [2.05, 4.69) is 38.2 Å². The minimum absolute atomic E-state index is 0.0938. The van der Waals surface area contributed by atoms with Gasteiger partial charge in [0.2, 0.25) is 0 Å². The third-order valence-electron chi connectivity index (χ3n) is 11.8. The van der Waals surface area contributed by atoms with Crippen LogP contribution in [-0.4, -0.2) is 49.9 Å². The highest BCUT2D eigenvalue weighted by Crippen LogP contribution is 2.43. The highest BCUT2D eigenvalue weighted by atomic mass is 31.2. The summed E-state index contributed by atoms with van der Waals surface area (Å²) in [5, 5.41) is 0. The minimum atomic E-state index is -4.28. The zero-order valence-electron chi connectivity index (χ0n) is 41.1. The molecule has 0 aromatic heterocycles. The fraction of sp³-hybridized carbons (Fsp3) is 0.906. The lowest BCUT2D eigenvalue weighted by Crippen LogP contribution is -2.28. The van der Waals surface area contributed by atoms with E-state index in [1.54, 1.807) is 0 Å². The number of hydrogen-bond donors (Lipinski definition) is 2. The van der Waals surface area contributed by atoms with Gasteiger partial charge in [-0.3, -0.25) is 13.8 Å². The van der Waals surface area contributed by atoms with Gasteiger partial charge in [-0.05, 0) is 64.2 Å². The van der Waals surface area contributed by atoms with Crippen molar-refractivity contribution < 1.29 is 32.8 Å². The smallest absolute Gasteiger partial charge is 0.457 e. The fourth-order valence-corrected chi connectivity index (χ4v) is 8.64. The van der Waals surface area contributed by atoms with Crippen LogP contribution < -0.4 is 5.73 Å². The van der Waals surface area contributed by atoms with E-state index in [1.807, 2.05) is 0 Å². The fourth-order valence-electron chi connectivity index (χ4n) is 7.87. The Bertz CT molecular complexity index is 1010. The SMILES string of the molecule is CCCCCCCC/C=C\CCCCCCCCCCCC(=O)OC(COCCCCCCCCCCCCCC/C=C\CCCCCCCCCC)COP(=O)(O)OCCN. The summed E-state index contributed by atoms with van der Waals surface area (Å²) >= 11 is 0. The van der Waals surface area contributed by atoms with E-state index in [4.69, 9.17) is 24.3 Å². The van der Waals surface area contributed by atoms with Gasteiger partial charge in [0.05, 0.1) is 19.8 Å². The molecule has 2 atom stereocenters. The summed E-state index contributed by atoms with van der Waals surface area (Å²) in [7, 11) is -4.28. The monoisotopic (exact) mass is 898 g/mol. The zero-order chi connectivity index (χ0) is 45.1. The van der Waals surface area contributed by atoms with Gasteiger partial charge >= 0.3 is 13.8 Å². The van der Waals surface area contributed by atoms with Crippen molar-refractivity contribution in [2.45, 2.75) is 277 Å². The maximum absolute atomic E-state index is 12.7. The van der Waals surface area contributed by atoms with Crippen molar-refractivity contribution in [3.8, 4) is 0 Å². The van der Waals surface area contributed by atoms with Crippen LogP contribution in [0.5, 0.6) is 0 Å². The Morgan fingerprint density at radius 1 is 0.468 bits per heavy atom. The molecule has 8 nitrogen and oxygen atoms in total. The minimum Gasteiger partial charge on any atom is -0.457 e. The molecule has 0 heterocycles. The molecule has 2 unspecified atom stereocenters. The molecule has 0 fully saturated rings. The van der Waals surface area contributed by atoms with Gasteiger partial charge in [-0.15, -0.1) is 0 Å². The molecule has 368 valence electrons. The molecule has 0 saturated heterocycles. The van der Waals surface area contributed by atoms with Gasteiger partial charge in [0.1, 0.15) is 6.10 Å². The number of hydrogen-bond acceptors (Lipinski definition) is 7. The average Bonchev–Trinajstić information content (AvgIpc) is 3.26. The van der Waals surface area contributed by atoms with Gasteiger partial charge in [-0.2, -0.15) is 0 Å². The zero-order valence-corrected chi connectivity index (χ0v) is 42.0. The Hall–Kier alpha value is -1.02. The first kappa shape index (κ1) is 61.0. The Kier molecular flexibility index (Phi) is 50.1. The molecule has 0 aliphatic heterocycles. The molecule has 0 aliphatic rings. The lowest BCUT2D eigenvalue weighted by molar-refractivity contribution is -0.154. The molecule has 0 aromatic rings. The number of carbonyl (C=O) groups excluding carboxylic acids is 1. The summed E-state index contributed by atoms with van der Waals surface area (Å²) < 4.78 is 33.6. The van der Waals surface area contributed by atoms with Crippen LogP contribution in [0.4, 0.5) is 0 Å². The molecule has 0 radical (unpaired) electrons. The van der Waals surface area contributed by atoms with Crippen LogP contribution in [0.3, 0.4) is 0 Å². The Morgan fingerprint density at radius 3 is 1.18 bits per heavy atom. The third-order valence-corrected chi connectivity index (χ3v) is 12.8. The van der Waals surface area contributed by atoms with Crippen LogP contribution in [0.25, 0.3) is 0 Å². The third kappa shape index (κ3) is 50.0. The largest absolute Gasteiger partial charge is 0.472 e. The molecule has 0 amide bonds. The maximum Gasteiger partial charge on any atom is 0.472 e.